The van der Waals surface area contributed by atoms with Gasteiger partial charge in [-0.15, -0.1) is 11.8 Å². The smallest absolute Gasteiger partial charge is 0.186 e. The number of benzene rings is 4. The molecule has 0 saturated carbocycles. The van der Waals surface area contributed by atoms with Crippen LogP contribution in [0.15, 0.2) is 117 Å². The molecular weight excluding hydrogens is 1310 g/mol. The molecule has 5 N–H and O–H groups in total. The number of halogens is 4. The van der Waals surface area contributed by atoms with Gasteiger partial charge in [0.05, 0.1) is 90.1 Å². The van der Waals surface area contributed by atoms with Crippen molar-refractivity contribution in [2.45, 2.75) is 126 Å². The molecule has 0 bridgehead atoms. The first-order chi connectivity index (χ1) is 40.6. The van der Waals surface area contributed by atoms with E-state index in [0.717, 1.165) is 75.9 Å². The van der Waals surface area contributed by atoms with Crippen LogP contribution in [0.5, 0.6) is 23.0 Å². The quantitative estimate of drug-likeness (QED) is 0.0980. The Morgan fingerprint density at radius 1 is 0.523 bits per heavy atom. The highest BCUT2D eigenvalue weighted by molar-refractivity contribution is 9.10. The first-order valence-corrected chi connectivity index (χ1v) is 32.5. The number of rotatable bonds is 9. The molecular formula is C63H76BrCl3N10O8S3. The number of methoxy groups -OCH3 is 4. The van der Waals surface area contributed by atoms with Gasteiger partial charge in [0.2, 0.25) is 0 Å². The van der Waals surface area contributed by atoms with Crippen molar-refractivity contribution in [3.8, 4) is 23.0 Å². The Morgan fingerprint density at radius 3 is 1.27 bits per heavy atom. The number of hydrogen-bond acceptors (Lipinski definition) is 17. The average molecular weight is 1380 g/mol. The van der Waals surface area contributed by atoms with Crippen LogP contribution in [-0.4, -0.2) is 99.8 Å². The Morgan fingerprint density at radius 2 is 0.898 bits per heavy atom. The molecule has 0 spiro atoms. The number of sulfone groups is 2. The topological polar surface area (TPSA) is 252 Å². The van der Waals surface area contributed by atoms with E-state index in [4.69, 9.17) is 59.5 Å². The molecule has 0 fully saturated rings. The molecule has 0 aliphatic rings. The maximum absolute atomic E-state index is 13.1. The molecule has 10 aromatic rings. The van der Waals surface area contributed by atoms with Crippen molar-refractivity contribution in [1.82, 2.24) is 40.3 Å². The molecule has 6 heterocycles. The Balaban J connectivity index is 0.000000208. The van der Waals surface area contributed by atoms with Crippen LogP contribution in [0, 0.1) is 27.7 Å². The number of anilines is 3. The number of nitrogens with two attached hydrogens (primary N) is 1. The minimum Gasteiger partial charge on any atom is -0.496 e. The molecule has 88 heavy (non-hydrogen) atoms. The van der Waals surface area contributed by atoms with E-state index in [1.54, 1.807) is 129 Å². The van der Waals surface area contributed by atoms with Crippen LogP contribution in [0.3, 0.4) is 0 Å². The van der Waals surface area contributed by atoms with Crippen LogP contribution in [-0.2, 0) is 19.7 Å². The number of nitrogens with one attached hydrogen (secondary N) is 3. The van der Waals surface area contributed by atoms with Gasteiger partial charge in [-0.05, 0) is 134 Å². The number of ether oxygens (including phenoxy) is 4. The number of thioether (sulfide) groups is 1. The van der Waals surface area contributed by atoms with Gasteiger partial charge in [-0.2, -0.15) is 10.2 Å². The monoisotopic (exact) mass is 1380 g/mol. The average Bonchev–Trinajstić information content (AvgIpc) is 1.49. The van der Waals surface area contributed by atoms with Gasteiger partial charge in [-0.3, -0.25) is 30.1 Å². The summed E-state index contributed by atoms with van der Waals surface area (Å²) in [6, 6.07) is 21.2. The number of aromatic nitrogens is 8. The van der Waals surface area contributed by atoms with E-state index in [2.05, 4.69) is 88.4 Å². The summed E-state index contributed by atoms with van der Waals surface area (Å²) in [7, 11) is -0.948. The van der Waals surface area contributed by atoms with Gasteiger partial charge in [0.1, 0.15) is 38.6 Å². The number of aromatic amines is 2. The lowest BCUT2D eigenvalue weighted by molar-refractivity contribution is 0.402. The number of nitrogens with zero attached hydrogens (tertiary/aromatic N) is 6. The number of hydrogen-bond donors (Lipinski definition) is 4. The number of aryl methyl sites for hydroxylation is 2. The Labute approximate surface area is 543 Å². The molecule has 0 saturated heterocycles. The lowest BCUT2D eigenvalue weighted by Gasteiger charge is -2.21. The van der Waals surface area contributed by atoms with Crippen molar-refractivity contribution in [2.24, 2.45) is 0 Å². The molecule has 0 unspecified atom stereocenters. The molecule has 6 aromatic heterocycles. The Hall–Kier alpha value is -6.66. The summed E-state index contributed by atoms with van der Waals surface area (Å²) in [6.07, 6.45) is 6.62. The zero-order valence-electron chi connectivity index (χ0n) is 51.5. The van der Waals surface area contributed by atoms with Crippen LogP contribution >= 0.6 is 62.5 Å². The van der Waals surface area contributed by atoms with Gasteiger partial charge in [0.25, 0.3) is 0 Å². The molecule has 10 rings (SSSR count). The number of pyridine rings is 4. The van der Waals surface area contributed by atoms with E-state index in [9.17, 15) is 16.8 Å². The first kappa shape index (κ1) is 72.1. The summed E-state index contributed by atoms with van der Waals surface area (Å²) < 4.78 is 71.7. The van der Waals surface area contributed by atoms with E-state index in [-0.39, 0.29) is 33.5 Å². The van der Waals surface area contributed by atoms with E-state index in [1.807, 2.05) is 52.0 Å². The molecule has 0 aliphatic carbocycles. The summed E-state index contributed by atoms with van der Waals surface area (Å²) in [5.41, 5.74) is 13.1. The van der Waals surface area contributed by atoms with E-state index >= 15 is 0 Å². The normalized spacial score (nSPS) is 11.6. The Bertz CT molecular complexity index is 4340. The third-order valence-electron chi connectivity index (χ3n) is 13.3. The lowest BCUT2D eigenvalue weighted by Crippen LogP contribution is -2.28. The maximum Gasteiger partial charge on any atom is 0.186 e. The van der Waals surface area contributed by atoms with Crippen molar-refractivity contribution in [3.63, 3.8) is 0 Å². The van der Waals surface area contributed by atoms with Crippen molar-refractivity contribution in [2.75, 3.05) is 39.5 Å². The number of nitrogen functional groups attached to an aromatic ring is 1. The summed E-state index contributed by atoms with van der Waals surface area (Å²) in [5.74, 6) is 3.46. The van der Waals surface area contributed by atoms with Gasteiger partial charge in [-0.1, -0.05) is 63.0 Å². The largest absolute Gasteiger partial charge is 0.496 e. The van der Waals surface area contributed by atoms with Crippen molar-refractivity contribution in [3.05, 3.63) is 140 Å². The molecule has 25 heteroatoms. The minimum atomic E-state index is -3.61. The first-order valence-electron chi connectivity index (χ1n) is 26.8. The van der Waals surface area contributed by atoms with Crippen molar-refractivity contribution >= 4 is 143 Å². The third kappa shape index (κ3) is 16.8. The van der Waals surface area contributed by atoms with Gasteiger partial charge in [0.15, 0.2) is 25.5 Å². The lowest BCUT2D eigenvalue weighted by atomic mass is 10.1. The Kier molecular flexibility index (Phi) is 24.0. The predicted molar refractivity (Wildman–Crippen MR) is 366 cm³/mol. The molecule has 0 aliphatic heterocycles. The fourth-order valence-electron chi connectivity index (χ4n) is 7.98. The second-order valence-electron chi connectivity index (χ2n) is 22.6. The zero-order valence-corrected chi connectivity index (χ0v) is 57.8. The second kappa shape index (κ2) is 29.3. The highest BCUT2D eigenvalue weighted by Gasteiger charge is 2.35. The maximum atomic E-state index is 13.1. The summed E-state index contributed by atoms with van der Waals surface area (Å²) in [5, 5.41) is 22.0. The fraction of sp³-hybridized carbons (Fsp3) is 0.333. The van der Waals surface area contributed by atoms with E-state index in [1.165, 1.54) is 20.3 Å². The highest BCUT2D eigenvalue weighted by Crippen LogP contribution is 2.42. The standard InChI is InChI=1S/C19H24N4O3S.C14H16ClNO3S.C14H16ClNOS.C10H7BrClNO.C5H9N3.CH4/c1-11-12(2)22-23-18(11)21-14-7-8-20-15-10-16(26-6)17(9-13(14)15)27(24,25)19(3,4)5;1-14(2,3)20(17,18)13-7-9-10(15)5-6-16-11(9)8-12(13)19-4;1-14(2,3)18-13-7-9-10(15)5-6-16-11(9)8-12(13)17-4;1-14-10-5-9-6(4-7(10)11)8(12)2-3-13-9;1-3-4(2)7-8-5(3)6;/h7-10H,1-6H3,(H2,20,21,22,23);5-8H,1-4H3;5-8H,1-4H3;2-5H,1H3;1-2H3,(H3,6,7,8);1H4. The van der Waals surface area contributed by atoms with Crippen LogP contribution in [0.1, 0.15) is 92.3 Å². The molecule has 472 valence electrons. The summed E-state index contributed by atoms with van der Waals surface area (Å²) in [6.45, 7) is 24.3. The van der Waals surface area contributed by atoms with Gasteiger partial charge in [0, 0.05) is 97.9 Å². The summed E-state index contributed by atoms with van der Waals surface area (Å²) >= 11 is 23.5. The second-order valence-corrected chi connectivity index (χ2v) is 31.8. The fourth-order valence-corrected chi connectivity index (χ4v) is 12.9. The molecule has 0 amide bonds. The van der Waals surface area contributed by atoms with Gasteiger partial charge < -0.3 is 30.0 Å². The molecule has 0 radical (unpaired) electrons. The predicted octanol–water partition coefficient (Wildman–Crippen LogP) is 17.1. The van der Waals surface area contributed by atoms with Crippen molar-refractivity contribution in [1.29, 1.82) is 0 Å². The molecule has 0 atom stereocenters. The van der Waals surface area contributed by atoms with Crippen LogP contribution in [0.2, 0.25) is 15.1 Å². The van der Waals surface area contributed by atoms with Crippen LogP contribution in [0.25, 0.3) is 43.6 Å². The molecule has 4 aromatic carbocycles. The van der Waals surface area contributed by atoms with Gasteiger partial charge in [-0.25, -0.2) is 16.8 Å². The molecule has 18 nitrogen and oxygen atoms in total. The van der Waals surface area contributed by atoms with Crippen molar-refractivity contribution < 1.29 is 35.8 Å². The third-order valence-corrected chi connectivity index (χ3v) is 21.1. The van der Waals surface area contributed by atoms with E-state index < -0.39 is 29.2 Å². The summed E-state index contributed by atoms with van der Waals surface area (Å²) in [4.78, 5) is 18.4. The SMILES string of the molecule is C.COc1cc2nccc(Cl)c2cc1Br.COc1cc2nccc(Cl)c2cc1S(=O)(=O)C(C)(C)C.COc1cc2nccc(Cl)c2cc1SC(C)(C)C.COc1cc2nccc(Nc3n[nH]c(C)c3C)c2cc1S(=O)(=O)C(C)(C)C.Cc1[nH]nc(N)c1C. The minimum absolute atomic E-state index is 0. The number of H-pyrrole nitrogens is 2. The number of fused-ring (bicyclic) bond motifs is 4. The van der Waals surface area contributed by atoms with Gasteiger partial charge >= 0.3 is 0 Å². The van der Waals surface area contributed by atoms with Crippen LogP contribution in [0.4, 0.5) is 17.3 Å². The van der Waals surface area contributed by atoms with E-state index in [0.29, 0.717) is 43.5 Å². The zero-order chi connectivity index (χ0) is 64.7. The highest BCUT2D eigenvalue weighted by atomic mass is 79.9. The van der Waals surface area contributed by atoms with Crippen LogP contribution < -0.4 is 30.0 Å².